The molecule has 160 valence electrons. The molecule has 0 radical (unpaired) electrons. The first kappa shape index (κ1) is 20.7. The molecule has 6 heteroatoms. The number of methoxy groups -OCH3 is 1. The Hall–Kier alpha value is -2.57. The Labute approximate surface area is 178 Å². The van der Waals surface area contributed by atoms with Gasteiger partial charge in [-0.25, -0.2) is 0 Å². The van der Waals surface area contributed by atoms with Crippen LogP contribution in [0.2, 0.25) is 0 Å². The van der Waals surface area contributed by atoms with Crippen molar-refractivity contribution in [2.24, 2.45) is 0 Å². The number of piperidine rings is 1. The second-order valence-electron chi connectivity index (χ2n) is 8.31. The molecule has 0 bridgehead atoms. The molecule has 0 aromatic heterocycles. The number of piperazine rings is 1. The van der Waals surface area contributed by atoms with Crippen LogP contribution in [0.4, 0.5) is 5.69 Å². The number of ether oxygens (including phenoxy) is 1. The number of β-amino-alcohol motifs (C(OH)–C–C–N with tert-alkyl or cyclic N) is 1. The highest BCUT2D eigenvalue weighted by molar-refractivity contribution is 5.86. The average Bonchev–Trinajstić information content (AvgIpc) is 2.78. The first-order chi connectivity index (χ1) is 14.6. The zero-order valence-electron chi connectivity index (χ0n) is 17.7. The van der Waals surface area contributed by atoms with Crippen molar-refractivity contribution >= 4 is 11.6 Å². The summed E-state index contributed by atoms with van der Waals surface area (Å²) in [4.78, 5) is 19.6. The van der Waals surface area contributed by atoms with Gasteiger partial charge in [-0.2, -0.15) is 0 Å². The number of amides is 1. The third kappa shape index (κ3) is 4.60. The molecule has 1 amide bonds. The number of para-hydroxylation sites is 1. The lowest BCUT2D eigenvalue weighted by Gasteiger charge is -2.43. The predicted molar refractivity (Wildman–Crippen MR) is 118 cm³/mol. The molecular formula is C24H31N3O3. The molecule has 0 aliphatic carbocycles. The smallest absolute Gasteiger partial charge is 0.256 e. The van der Waals surface area contributed by atoms with Gasteiger partial charge in [0.25, 0.3) is 5.91 Å². The maximum atomic E-state index is 13.2. The van der Waals surface area contributed by atoms with Gasteiger partial charge in [-0.1, -0.05) is 30.3 Å². The molecule has 1 N–H and O–H groups in total. The number of carbonyl (C=O) groups is 1. The maximum absolute atomic E-state index is 13.2. The minimum atomic E-state index is -1.30. The normalized spacial score (nSPS) is 22.9. The minimum Gasteiger partial charge on any atom is -0.497 e. The van der Waals surface area contributed by atoms with E-state index in [1.807, 2.05) is 30.3 Å². The van der Waals surface area contributed by atoms with Gasteiger partial charge in [0.05, 0.1) is 7.11 Å². The van der Waals surface area contributed by atoms with Crippen LogP contribution in [-0.4, -0.2) is 72.8 Å². The lowest BCUT2D eigenvalue weighted by molar-refractivity contribution is -0.160. The van der Waals surface area contributed by atoms with Crippen molar-refractivity contribution in [1.82, 2.24) is 9.80 Å². The van der Waals surface area contributed by atoms with Gasteiger partial charge < -0.3 is 19.6 Å². The summed E-state index contributed by atoms with van der Waals surface area (Å²) in [5, 5.41) is 11.3. The van der Waals surface area contributed by atoms with E-state index in [0.29, 0.717) is 26.1 Å². The van der Waals surface area contributed by atoms with Crippen molar-refractivity contribution in [1.29, 1.82) is 0 Å². The summed E-state index contributed by atoms with van der Waals surface area (Å²) in [6, 6.07) is 18.2. The topological polar surface area (TPSA) is 56.3 Å². The lowest BCUT2D eigenvalue weighted by atomic mass is 9.90. The molecule has 1 unspecified atom stereocenters. The van der Waals surface area contributed by atoms with Crippen LogP contribution in [0.1, 0.15) is 18.4 Å². The van der Waals surface area contributed by atoms with E-state index >= 15 is 0 Å². The molecule has 2 aliphatic heterocycles. The number of nitrogens with zero attached hydrogens (tertiary/aromatic N) is 3. The Morgan fingerprint density at radius 3 is 2.50 bits per heavy atom. The van der Waals surface area contributed by atoms with E-state index in [9.17, 15) is 9.90 Å². The molecule has 2 aromatic carbocycles. The van der Waals surface area contributed by atoms with Gasteiger partial charge in [0.2, 0.25) is 0 Å². The number of rotatable bonds is 6. The molecule has 2 aromatic rings. The van der Waals surface area contributed by atoms with E-state index in [1.165, 1.54) is 5.69 Å². The number of carbonyl (C=O) groups excluding carboxylic acids is 1. The molecule has 6 nitrogen and oxygen atoms in total. The highest BCUT2D eigenvalue weighted by Gasteiger charge is 2.43. The van der Waals surface area contributed by atoms with Crippen LogP contribution >= 0.6 is 0 Å². The van der Waals surface area contributed by atoms with Crippen molar-refractivity contribution in [2.45, 2.75) is 25.0 Å². The molecule has 30 heavy (non-hydrogen) atoms. The van der Waals surface area contributed by atoms with Crippen LogP contribution in [0.25, 0.3) is 0 Å². The summed E-state index contributed by atoms with van der Waals surface area (Å²) in [5.74, 6) is 0.630. The number of anilines is 1. The van der Waals surface area contributed by atoms with Gasteiger partial charge in [0.15, 0.2) is 5.60 Å². The van der Waals surface area contributed by atoms with Crippen molar-refractivity contribution < 1.29 is 14.6 Å². The van der Waals surface area contributed by atoms with Crippen LogP contribution in [0.15, 0.2) is 54.6 Å². The summed E-state index contributed by atoms with van der Waals surface area (Å²) >= 11 is 0. The standard InChI is InChI=1S/C24H31N3O3/c1-30-22-10-5-7-20(17-22)18-27-12-6-11-24(29,23(27)28)19-25-13-15-26(16-14-25)21-8-3-2-4-9-21/h2-5,7-10,17,29H,6,11-16,18-19H2,1H3. The Morgan fingerprint density at radius 1 is 1.00 bits per heavy atom. The zero-order valence-corrected chi connectivity index (χ0v) is 17.7. The largest absolute Gasteiger partial charge is 0.497 e. The Kier molecular flexibility index (Phi) is 6.25. The predicted octanol–water partition coefficient (Wildman–Crippen LogP) is 2.37. The Morgan fingerprint density at radius 2 is 1.77 bits per heavy atom. The lowest BCUT2D eigenvalue weighted by Crippen LogP contribution is -2.60. The monoisotopic (exact) mass is 409 g/mol. The molecule has 2 saturated heterocycles. The second kappa shape index (κ2) is 9.06. The first-order valence-corrected chi connectivity index (χ1v) is 10.7. The number of aliphatic hydroxyl groups is 1. The van der Waals surface area contributed by atoms with E-state index in [1.54, 1.807) is 12.0 Å². The fraction of sp³-hybridized carbons (Fsp3) is 0.458. The van der Waals surface area contributed by atoms with E-state index < -0.39 is 5.60 Å². The first-order valence-electron chi connectivity index (χ1n) is 10.7. The molecule has 2 aliphatic rings. The summed E-state index contributed by atoms with van der Waals surface area (Å²) in [5.41, 5.74) is 0.948. The molecule has 2 fully saturated rings. The summed E-state index contributed by atoms with van der Waals surface area (Å²) in [6.07, 6.45) is 1.34. The van der Waals surface area contributed by atoms with Gasteiger partial charge in [-0.15, -0.1) is 0 Å². The second-order valence-corrected chi connectivity index (χ2v) is 8.31. The number of likely N-dealkylation sites (tertiary alicyclic amines) is 1. The van der Waals surface area contributed by atoms with Crippen LogP contribution in [-0.2, 0) is 11.3 Å². The van der Waals surface area contributed by atoms with Crippen molar-refractivity contribution in [2.75, 3.05) is 51.3 Å². The summed E-state index contributed by atoms with van der Waals surface area (Å²) in [6.45, 7) is 5.09. The highest BCUT2D eigenvalue weighted by Crippen LogP contribution is 2.27. The molecule has 4 rings (SSSR count). The third-order valence-corrected chi connectivity index (χ3v) is 6.19. The Bertz CT molecular complexity index is 852. The van der Waals surface area contributed by atoms with Crippen molar-refractivity contribution in [3.8, 4) is 5.75 Å². The fourth-order valence-electron chi connectivity index (χ4n) is 4.53. The van der Waals surface area contributed by atoms with E-state index in [2.05, 4.69) is 34.1 Å². The van der Waals surface area contributed by atoms with Crippen LogP contribution in [0, 0.1) is 0 Å². The zero-order chi connectivity index (χ0) is 21.0. The molecule has 0 spiro atoms. The maximum Gasteiger partial charge on any atom is 0.256 e. The summed E-state index contributed by atoms with van der Waals surface area (Å²) in [7, 11) is 1.64. The molecule has 2 heterocycles. The third-order valence-electron chi connectivity index (χ3n) is 6.19. The highest BCUT2D eigenvalue weighted by atomic mass is 16.5. The minimum absolute atomic E-state index is 0.151. The van der Waals surface area contributed by atoms with Gasteiger partial charge in [-0.3, -0.25) is 9.69 Å². The number of benzene rings is 2. The van der Waals surface area contributed by atoms with E-state index in [-0.39, 0.29) is 5.91 Å². The van der Waals surface area contributed by atoms with E-state index in [4.69, 9.17) is 4.74 Å². The number of hydrogen-bond donors (Lipinski definition) is 1. The fourth-order valence-corrected chi connectivity index (χ4v) is 4.53. The van der Waals surface area contributed by atoms with E-state index in [0.717, 1.165) is 43.9 Å². The Balaban J connectivity index is 1.36. The molecular weight excluding hydrogens is 378 g/mol. The SMILES string of the molecule is COc1cccc(CN2CCCC(O)(CN3CCN(c4ccccc4)CC3)C2=O)c1. The van der Waals surface area contributed by atoms with Crippen LogP contribution < -0.4 is 9.64 Å². The molecule has 0 saturated carbocycles. The van der Waals surface area contributed by atoms with Gasteiger partial charge in [-0.05, 0) is 42.7 Å². The van der Waals surface area contributed by atoms with Crippen molar-refractivity contribution in [3.05, 3.63) is 60.2 Å². The molecule has 1 atom stereocenters. The van der Waals surface area contributed by atoms with Gasteiger partial charge in [0.1, 0.15) is 5.75 Å². The van der Waals surface area contributed by atoms with Crippen LogP contribution in [0.5, 0.6) is 5.75 Å². The van der Waals surface area contributed by atoms with Gasteiger partial charge >= 0.3 is 0 Å². The van der Waals surface area contributed by atoms with Crippen LogP contribution in [0.3, 0.4) is 0 Å². The number of hydrogen-bond acceptors (Lipinski definition) is 5. The average molecular weight is 410 g/mol. The van der Waals surface area contributed by atoms with Gasteiger partial charge in [0, 0.05) is 51.5 Å². The van der Waals surface area contributed by atoms with Crippen molar-refractivity contribution in [3.63, 3.8) is 0 Å². The summed E-state index contributed by atoms with van der Waals surface area (Å²) < 4.78 is 5.29. The quantitative estimate of drug-likeness (QED) is 0.794.